The zero-order valence-electron chi connectivity index (χ0n) is 13.5. The van der Waals surface area contributed by atoms with E-state index in [1.165, 1.54) is 11.1 Å². The maximum atomic E-state index is 5.61. The molecule has 4 rings (SSSR count). The van der Waals surface area contributed by atoms with E-state index in [-0.39, 0.29) is 0 Å². The maximum Gasteiger partial charge on any atom is 0.137 e. The van der Waals surface area contributed by atoms with Gasteiger partial charge in [-0.15, -0.1) is 0 Å². The highest BCUT2D eigenvalue weighted by Gasteiger charge is 2.23. The molecule has 0 amide bonds. The molecule has 1 aliphatic heterocycles. The van der Waals surface area contributed by atoms with Crippen LogP contribution in [-0.4, -0.2) is 43.3 Å². The Morgan fingerprint density at radius 1 is 1.12 bits per heavy atom. The van der Waals surface area contributed by atoms with E-state index in [0.717, 1.165) is 43.1 Å². The van der Waals surface area contributed by atoms with Crippen molar-refractivity contribution in [1.29, 1.82) is 0 Å². The Bertz CT molecular complexity index is 819. The topological polar surface area (TPSA) is 69.0 Å². The van der Waals surface area contributed by atoms with Gasteiger partial charge in [0.1, 0.15) is 24.7 Å². The second-order valence-corrected chi connectivity index (χ2v) is 5.79. The molecule has 24 heavy (non-hydrogen) atoms. The van der Waals surface area contributed by atoms with Crippen molar-refractivity contribution in [3.63, 3.8) is 0 Å². The average Bonchev–Trinajstić information content (AvgIpc) is 3.14. The van der Waals surface area contributed by atoms with Crippen LogP contribution >= 0.6 is 0 Å². The fraction of sp³-hybridized carbons (Fsp3) is 0.294. The number of benzene rings is 1. The molecule has 1 aromatic carbocycles. The van der Waals surface area contributed by atoms with E-state index in [9.17, 15) is 0 Å². The summed E-state index contributed by atoms with van der Waals surface area (Å²) in [6, 6.07) is 4.20. The molecular weight excluding hydrogens is 304 g/mol. The van der Waals surface area contributed by atoms with E-state index in [1.54, 1.807) is 26.1 Å². The van der Waals surface area contributed by atoms with Crippen LogP contribution in [0, 0.1) is 0 Å². The van der Waals surface area contributed by atoms with Crippen molar-refractivity contribution in [2.45, 2.75) is 19.6 Å². The molecule has 2 aromatic heterocycles. The van der Waals surface area contributed by atoms with Gasteiger partial charge >= 0.3 is 0 Å². The normalized spacial score (nSPS) is 14.4. The Hall–Kier alpha value is -2.80. The fourth-order valence-electron chi connectivity index (χ4n) is 3.21. The summed E-state index contributed by atoms with van der Waals surface area (Å²) in [5.74, 6) is 0.853. The van der Waals surface area contributed by atoms with Crippen LogP contribution in [0.3, 0.4) is 0 Å². The van der Waals surface area contributed by atoms with Gasteiger partial charge in [-0.1, -0.05) is 6.07 Å². The Balaban J connectivity index is 1.72. The summed E-state index contributed by atoms with van der Waals surface area (Å²) < 4.78 is 7.45. The van der Waals surface area contributed by atoms with E-state index in [4.69, 9.17) is 4.74 Å². The number of rotatable bonds is 4. The standard InChI is InChI=1S/C17H18N6O/c1-24-16-3-2-13-4-5-22(12-23-11-20-10-21-23)8-15(13)17(16)14-6-18-9-19-7-14/h2-3,6-7,9-11H,4-5,8,12H2,1H3. The molecule has 7 heteroatoms. The van der Waals surface area contributed by atoms with Crippen LogP contribution < -0.4 is 4.74 Å². The molecule has 0 aliphatic carbocycles. The summed E-state index contributed by atoms with van der Waals surface area (Å²) in [6.45, 7) is 2.54. The molecule has 0 saturated carbocycles. The van der Waals surface area contributed by atoms with Crippen LogP contribution in [-0.2, 0) is 19.6 Å². The molecule has 0 N–H and O–H groups in total. The number of methoxy groups -OCH3 is 1. The number of aromatic nitrogens is 5. The molecule has 0 atom stereocenters. The first-order valence-electron chi connectivity index (χ1n) is 7.84. The Morgan fingerprint density at radius 3 is 2.75 bits per heavy atom. The number of hydrogen-bond acceptors (Lipinski definition) is 6. The molecule has 0 unspecified atom stereocenters. The lowest BCUT2D eigenvalue weighted by atomic mass is 9.91. The third kappa shape index (κ3) is 2.74. The van der Waals surface area contributed by atoms with Gasteiger partial charge in [-0.05, 0) is 23.6 Å². The van der Waals surface area contributed by atoms with Crippen molar-refractivity contribution < 1.29 is 4.74 Å². The minimum Gasteiger partial charge on any atom is -0.496 e. The zero-order valence-corrected chi connectivity index (χ0v) is 13.5. The molecule has 122 valence electrons. The third-order valence-corrected chi connectivity index (χ3v) is 4.33. The monoisotopic (exact) mass is 322 g/mol. The highest BCUT2D eigenvalue weighted by Crippen LogP contribution is 2.37. The van der Waals surface area contributed by atoms with E-state index in [0.29, 0.717) is 0 Å². The highest BCUT2D eigenvalue weighted by molar-refractivity contribution is 5.74. The Labute approximate surface area is 140 Å². The van der Waals surface area contributed by atoms with Crippen LogP contribution in [0.4, 0.5) is 0 Å². The maximum absolute atomic E-state index is 5.61. The molecule has 0 fully saturated rings. The summed E-state index contributed by atoms with van der Waals surface area (Å²) in [4.78, 5) is 14.7. The Kier molecular flexibility index (Phi) is 3.92. The van der Waals surface area contributed by atoms with E-state index in [1.807, 2.05) is 23.1 Å². The predicted molar refractivity (Wildman–Crippen MR) is 88.2 cm³/mol. The van der Waals surface area contributed by atoms with Crippen molar-refractivity contribution >= 4 is 0 Å². The average molecular weight is 322 g/mol. The molecular formula is C17H18N6O. The molecule has 3 heterocycles. The minimum absolute atomic E-state index is 0.724. The van der Waals surface area contributed by atoms with Crippen LogP contribution in [0.5, 0.6) is 5.75 Å². The van der Waals surface area contributed by atoms with Gasteiger partial charge in [0.15, 0.2) is 0 Å². The first kappa shape index (κ1) is 14.8. The third-order valence-electron chi connectivity index (χ3n) is 4.33. The quantitative estimate of drug-likeness (QED) is 0.729. The van der Waals surface area contributed by atoms with Gasteiger partial charge in [0.2, 0.25) is 0 Å². The van der Waals surface area contributed by atoms with Crippen LogP contribution in [0.15, 0.2) is 43.5 Å². The van der Waals surface area contributed by atoms with Crippen molar-refractivity contribution in [1.82, 2.24) is 29.6 Å². The van der Waals surface area contributed by atoms with Crippen molar-refractivity contribution in [2.75, 3.05) is 13.7 Å². The summed E-state index contributed by atoms with van der Waals surface area (Å²) >= 11 is 0. The summed E-state index contributed by atoms with van der Waals surface area (Å²) in [7, 11) is 1.70. The zero-order chi connectivity index (χ0) is 16.4. The SMILES string of the molecule is COc1ccc2c(c1-c1cncnc1)CN(Cn1cncn1)CC2. The number of hydrogen-bond donors (Lipinski definition) is 0. The van der Waals surface area contributed by atoms with Gasteiger partial charge in [0.25, 0.3) is 0 Å². The second kappa shape index (κ2) is 6.37. The van der Waals surface area contributed by atoms with Gasteiger partial charge in [0.05, 0.1) is 13.8 Å². The minimum atomic E-state index is 0.724. The first-order valence-corrected chi connectivity index (χ1v) is 7.84. The highest BCUT2D eigenvalue weighted by atomic mass is 16.5. The first-order chi connectivity index (χ1) is 11.8. The predicted octanol–water partition coefficient (Wildman–Crippen LogP) is 1.76. The number of fused-ring (bicyclic) bond motifs is 1. The van der Waals surface area contributed by atoms with E-state index < -0.39 is 0 Å². The molecule has 0 spiro atoms. The van der Waals surface area contributed by atoms with Gasteiger partial charge in [-0.25, -0.2) is 19.6 Å². The van der Waals surface area contributed by atoms with Crippen molar-refractivity contribution in [3.8, 4) is 16.9 Å². The van der Waals surface area contributed by atoms with Crippen molar-refractivity contribution in [2.24, 2.45) is 0 Å². The van der Waals surface area contributed by atoms with E-state index in [2.05, 4.69) is 31.0 Å². The van der Waals surface area contributed by atoms with Gasteiger partial charge in [-0.2, -0.15) is 5.10 Å². The largest absolute Gasteiger partial charge is 0.496 e. The second-order valence-electron chi connectivity index (χ2n) is 5.79. The number of ether oxygens (including phenoxy) is 1. The smallest absolute Gasteiger partial charge is 0.137 e. The van der Waals surface area contributed by atoms with E-state index >= 15 is 0 Å². The van der Waals surface area contributed by atoms with Crippen LogP contribution in [0.25, 0.3) is 11.1 Å². The van der Waals surface area contributed by atoms with Gasteiger partial charge in [-0.3, -0.25) is 4.90 Å². The molecule has 7 nitrogen and oxygen atoms in total. The lowest BCUT2D eigenvalue weighted by Crippen LogP contribution is -2.33. The molecule has 0 radical (unpaired) electrons. The van der Waals surface area contributed by atoms with Gasteiger partial charge < -0.3 is 4.74 Å². The summed E-state index contributed by atoms with van der Waals surface area (Å²) in [5, 5.41) is 4.20. The Morgan fingerprint density at radius 2 is 2.00 bits per heavy atom. The number of nitrogens with zero attached hydrogens (tertiary/aromatic N) is 6. The summed E-state index contributed by atoms with van der Waals surface area (Å²) in [5.41, 5.74) is 4.69. The summed E-state index contributed by atoms with van der Waals surface area (Å²) in [6.07, 6.45) is 9.51. The van der Waals surface area contributed by atoms with Gasteiger partial charge in [0, 0.05) is 36.6 Å². The van der Waals surface area contributed by atoms with Crippen LogP contribution in [0.1, 0.15) is 11.1 Å². The lowest BCUT2D eigenvalue weighted by molar-refractivity contribution is 0.189. The molecule has 3 aromatic rings. The van der Waals surface area contributed by atoms with Crippen LogP contribution in [0.2, 0.25) is 0 Å². The molecule has 0 bridgehead atoms. The lowest BCUT2D eigenvalue weighted by Gasteiger charge is -2.30. The van der Waals surface area contributed by atoms with Crippen molar-refractivity contribution in [3.05, 3.63) is 54.6 Å². The molecule has 0 saturated heterocycles. The molecule has 1 aliphatic rings. The fourth-order valence-corrected chi connectivity index (χ4v) is 3.21.